The molecule has 3 aliphatic carbocycles. The van der Waals surface area contributed by atoms with Crippen LogP contribution in [-0.2, 0) is 19.2 Å². The van der Waals surface area contributed by atoms with Crippen LogP contribution in [0.4, 0.5) is 0 Å². The molecule has 4 fully saturated rings. The van der Waals surface area contributed by atoms with Crippen LogP contribution in [0.5, 0.6) is 0 Å². The minimum absolute atomic E-state index is 0.0973. The molecule has 1 aliphatic heterocycles. The molecule has 3 saturated carbocycles. The smallest absolute Gasteiger partial charge is 0.338 e. The van der Waals surface area contributed by atoms with Crippen LogP contribution in [0, 0.1) is 23.7 Å². The number of fused-ring (bicyclic) bond motifs is 3. The highest BCUT2D eigenvalue weighted by molar-refractivity contribution is 5.89. The van der Waals surface area contributed by atoms with Gasteiger partial charge in [-0.2, -0.15) is 9.78 Å². The van der Waals surface area contributed by atoms with Gasteiger partial charge in [-0.25, -0.2) is 4.79 Å². The summed E-state index contributed by atoms with van der Waals surface area (Å²) in [4.78, 5) is 24.4. The van der Waals surface area contributed by atoms with E-state index < -0.39 is 11.6 Å². The van der Waals surface area contributed by atoms with E-state index in [0.717, 1.165) is 37.5 Å². The van der Waals surface area contributed by atoms with Gasteiger partial charge in [0.1, 0.15) is 6.10 Å². The van der Waals surface area contributed by atoms with Crippen molar-refractivity contribution in [3.8, 4) is 0 Å². The van der Waals surface area contributed by atoms with Gasteiger partial charge in [-0.3, -0.25) is 0 Å². The highest BCUT2D eigenvalue weighted by Crippen LogP contribution is 2.58. The molecule has 5 atom stereocenters. The number of carbonyl (C=O) groups is 1. The first-order valence-corrected chi connectivity index (χ1v) is 11.3. The summed E-state index contributed by atoms with van der Waals surface area (Å²) < 4.78 is 12.4. The van der Waals surface area contributed by atoms with Crippen molar-refractivity contribution >= 4 is 5.97 Å². The Morgan fingerprint density at radius 1 is 1.00 bits per heavy atom. The SMILES string of the molecule is CC1CC2CC(C)C3(OOC4(CCC(OC(=O)c5ccccc5)CC4)O3)C(C1)C2. The number of carbonyl (C=O) groups excluding carboxylic acids is 1. The van der Waals surface area contributed by atoms with Gasteiger partial charge < -0.3 is 9.47 Å². The van der Waals surface area contributed by atoms with E-state index in [2.05, 4.69) is 13.8 Å². The zero-order valence-electron chi connectivity index (χ0n) is 17.5. The molecule has 0 radical (unpaired) electrons. The fourth-order valence-corrected chi connectivity index (χ4v) is 6.26. The summed E-state index contributed by atoms with van der Waals surface area (Å²) in [5.74, 6) is 0.729. The van der Waals surface area contributed by atoms with Crippen molar-refractivity contribution in [1.82, 2.24) is 0 Å². The summed E-state index contributed by atoms with van der Waals surface area (Å²) in [6.07, 6.45) is 7.57. The monoisotopic (exact) mass is 400 g/mol. The van der Waals surface area contributed by atoms with E-state index in [1.165, 1.54) is 12.8 Å². The van der Waals surface area contributed by atoms with Gasteiger partial charge in [0.15, 0.2) is 0 Å². The standard InChI is InChI=1S/C24H32O5/c1-16-12-18-14-17(2)24(20(13-16)15-18)27-23(28-29-24)10-8-21(9-11-23)26-22(25)19-6-4-3-5-7-19/h3-7,16-18,20-21H,8-15H2,1-2H3. The lowest BCUT2D eigenvalue weighted by Gasteiger charge is -2.50. The molecular weight excluding hydrogens is 368 g/mol. The lowest BCUT2D eigenvalue weighted by Crippen LogP contribution is -2.54. The van der Waals surface area contributed by atoms with E-state index >= 15 is 0 Å². The molecule has 0 amide bonds. The Bertz CT molecular complexity index is 737. The molecule has 4 aliphatic rings. The maximum atomic E-state index is 12.4. The molecule has 2 bridgehead atoms. The van der Waals surface area contributed by atoms with Crippen molar-refractivity contribution in [2.24, 2.45) is 23.7 Å². The van der Waals surface area contributed by atoms with Gasteiger partial charge in [0, 0.05) is 24.7 Å². The number of ether oxygens (including phenoxy) is 2. The average Bonchev–Trinajstić information content (AvgIpc) is 3.10. The maximum Gasteiger partial charge on any atom is 0.338 e. The van der Waals surface area contributed by atoms with Crippen LogP contribution in [0.15, 0.2) is 30.3 Å². The van der Waals surface area contributed by atoms with Crippen molar-refractivity contribution in [3.05, 3.63) is 35.9 Å². The molecule has 29 heavy (non-hydrogen) atoms. The number of esters is 1. The van der Waals surface area contributed by atoms with Crippen LogP contribution in [0.25, 0.3) is 0 Å². The van der Waals surface area contributed by atoms with Crippen LogP contribution in [0.1, 0.15) is 75.6 Å². The first-order valence-electron chi connectivity index (χ1n) is 11.3. The quantitative estimate of drug-likeness (QED) is 0.501. The molecule has 1 aromatic rings. The van der Waals surface area contributed by atoms with Crippen molar-refractivity contribution in [1.29, 1.82) is 0 Å². The lowest BCUT2D eigenvalue weighted by molar-refractivity contribution is -0.380. The predicted molar refractivity (Wildman–Crippen MR) is 107 cm³/mol. The molecule has 1 saturated heterocycles. The van der Waals surface area contributed by atoms with Crippen LogP contribution in [0.2, 0.25) is 0 Å². The Balaban J connectivity index is 1.22. The van der Waals surface area contributed by atoms with Crippen molar-refractivity contribution in [3.63, 3.8) is 0 Å². The summed E-state index contributed by atoms with van der Waals surface area (Å²) in [5, 5.41) is 0. The predicted octanol–water partition coefficient (Wildman–Crippen LogP) is 5.25. The van der Waals surface area contributed by atoms with Gasteiger partial charge in [0.2, 0.25) is 11.6 Å². The summed E-state index contributed by atoms with van der Waals surface area (Å²) in [6, 6.07) is 9.18. The fourth-order valence-electron chi connectivity index (χ4n) is 6.26. The van der Waals surface area contributed by atoms with Crippen molar-refractivity contribution in [2.45, 2.75) is 82.9 Å². The summed E-state index contributed by atoms with van der Waals surface area (Å²) in [7, 11) is 0. The topological polar surface area (TPSA) is 54.0 Å². The Morgan fingerprint density at radius 2 is 1.76 bits per heavy atom. The first-order chi connectivity index (χ1) is 14.0. The molecule has 5 rings (SSSR count). The second kappa shape index (κ2) is 7.36. The largest absolute Gasteiger partial charge is 0.459 e. The zero-order valence-corrected chi connectivity index (χ0v) is 17.5. The average molecular weight is 401 g/mol. The van der Waals surface area contributed by atoms with Crippen LogP contribution >= 0.6 is 0 Å². The van der Waals surface area contributed by atoms with E-state index in [1.807, 2.05) is 18.2 Å². The van der Waals surface area contributed by atoms with Crippen molar-refractivity contribution in [2.75, 3.05) is 0 Å². The van der Waals surface area contributed by atoms with Crippen molar-refractivity contribution < 1.29 is 24.0 Å². The van der Waals surface area contributed by atoms with E-state index in [0.29, 0.717) is 30.2 Å². The highest BCUT2D eigenvalue weighted by atomic mass is 17.3. The van der Waals surface area contributed by atoms with Gasteiger partial charge in [-0.1, -0.05) is 32.0 Å². The molecule has 158 valence electrons. The van der Waals surface area contributed by atoms with Gasteiger partial charge in [-0.05, 0) is 62.5 Å². The molecular formula is C24H32O5. The molecule has 5 unspecified atom stereocenters. The van der Waals surface area contributed by atoms with E-state index in [9.17, 15) is 4.79 Å². The third-order valence-electron chi connectivity index (χ3n) is 7.63. The number of hydrogen-bond acceptors (Lipinski definition) is 5. The molecule has 0 aromatic heterocycles. The number of rotatable bonds is 2. The third-order valence-corrected chi connectivity index (χ3v) is 7.63. The normalized spacial score (nSPS) is 44.1. The van der Waals surface area contributed by atoms with Crippen LogP contribution < -0.4 is 0 Å². The van der Waals surface area contributed by atoms with E-state index in [4.69, 9.17) is 19.2 Å². The molecule has 1 aromatic carbocycles. The zero-order chi connectivity index (χ0) is 20.1. The Morgan fingerprint density at radius 3 is 2.52 bits per heavy atom. The van der Waals surface area contributed by atoms with Crippen LogP contribution in [0.3, 0.4) is 0 Å². The van der Waals surface area contributed by atoms with E-state index in [1.54, 1.807) is 12.1 Å². The van der Waals surface area contributed by atoms with E-state index in [-0.39, 0.29) is 12.1 Å². The summed E-state index contributed by atoms with van der Waals surface area (Å²) in [5.41, 5.74) is 0.598. The highest BCUT2D eigenvalue weighted by Gasteiger charge is 2.63. The number of benzene rings is 1. The minimum Gasteiger partial charge on any atom is -0.459 e. The second-order valence-corrected chi connectivity index (χ2v) is 9.88. The second-order valence-electron chi connectivity index (χ2n) is 9.88. The Kier molecular flexibility index (Phi) is 4.96. The van der Waals surface area contributed by atoms with Gasteiger partial charge >= 0.3 is 5.97 Å². The Labute approximate surface area is 173 Å². The summed E-state index contributed by atoms with van der Waals surface area (Å²) in [6.45, 7) is 4.60. The minimum atomic E-state index is -0.683. The van der Waals surface area contributed by atoms with Gasteiger partial charge in [0.05, 0.1) is 5.56 Å². The first kappa shape index (κ1) is 19.5. The third kappa shape index (κ3) is 3.51. The van der Waals surface area contributed by atoms with Gasteiger partial charge in [0.25, 0.3) is 0 Å². The van der Waals surface area contributed by atoms with Crippen LogP contribution in [-0.4, -0.2) is 23.6 Å². The summed E-state index contributed by atoms with van der Waals surface area (Å²) >= 11 is 0. The Hall–Kier alpha value is -1.43. The van der Waals surface area contributed by atoms with Gasteiger partial charge in [-0.15, -0.1) is 0 Å². The molecule has 0 N–H and O–H groups in total. The molecule has 5 nitrogen and oxygen atoms in total. The fraction of sp³-hybridized carbons (Fsp3) is 0.708. The molecule has 5 heteroatoms. The maximum absolute atomic E-state index is 12.4. The molecule has 1 heterocycles. The lowest BCUT2D eigenvalue weighted by atomic mass is 9.62. The molecule has 2 spiro atoms. The number of hydrogen-bond donors (Lipinski definition) is 0.